The second kappa shape index (κ2) is 20.9. The first-order valence-electron chi connectivity index (χ1n) is 23.6. The second-order valence-electron chi connectivity index (χ2n) is 21.0. The largest absolute Gasteiger partial charge is 0.432 e. The minimum atomic E-state index is -1.92. The lowest BCUT2D eigenvalue weighted by molar-refractivity contribution is -0.372. The number of aliphatic hydroxyl groups excluding tert-OH is 14. The van der Waals surface area contributed by atoms with E-state index >= 15 is 0 Å². The summed E-state index contributed by atoms with van der Waals surface area (Å²) in [5.74, 6) is -0.570. The Morgan fingerprint density at radius 1 is 0.567 bits per heavy atom. The molecule has 0 aromatic carbocycles. The number of hydrogen-bond donors (Lipinski definition) is 14. The molecule has 22 heteroatoms. The van der Waals surface area contributed by atoms with Gasteiger partial charge in [0, 0.05) is 0 Å². The summed E-state index contributed by atoms with van der Waals surface area (Å²) in [5, 5.41) is 148. The van der Waals surface area contributed by atoms with Crippen LogP contribution in [0.25, 0.3) is 0 Å². The standard InChI is InChI=1S/C45H74O22/c1-18-12-19-6-7-26-44(3,9-5-10-45(26,4)42(60)67-41-36(59)33(56)29(52)24(16-48)64-41)20(19)8-11-43(18,2)13-21-37(65-39-34(57)31(54)27(50)22(14-46)62-39)38(30(53)25(17-49)61-21)66-40-35(58)32(55)28(51)23(15-47)63-40/h19-41,46-59H,1,5-17H2,2-4H3/t19?,20-,21?,22?,23?,24?,25?,26?,27?,28?,29?,30?,31?,32?,33?,34?,35?,36?,37?,38?,39?,40?,41?,43?,44+,45-/m1/s1. The lowest BCUT2D eigenvalue weighted by Crippen LogP contribution is -2.67. The van der Waals surface area contributed by atoms with E-state index < -0.39 is 166 Å². The van der Waals surface area contributed by atoms with Gasteiger partial charge >= 0.3 is 5.97 Å². The van der Waals surface area contributed by atoms with Gasteiger partial charge in [-0.25, -0.2) is 0 Å². The Bertz CT molecular complexity index is 1690. The Labute approximate surface area is 388 Å². The number of rotatable bonds is 12. The molecule has 3 saturated carbocycles. The average molecular weight is 967 g/mol. The summed E-state index contributed by atoms with van der Waals surface area (Å²) in [5.41, 5.74) is -1.32. The Morgan fingerprint density at radius 3 is 1.57 bits per heavy atom. The molecule has 0 radical (unpaired) electrons. The van der Waals surface area contributed by atoms with Crippen molar-refractivity contribution in [1.82, 2.24) is 0 Å². The van der Waals surface area contributed by atoms with Gasteiger partial charge in [0.05, 0.1) is 37.9 Å². The van der Waals surface area contributed by atoms with Crippen LogP contribution in [0, 0.1) is 34.0 Å². The number of allylic oxidation sites excluding steroid dienone is 1. The third-order valence-electron chi connectivity index (χ3n) is 17.0. The summed E-state index contributed by atoms with van der Waals surface area (Å²) in [6, 6.07) is 0. The Kier molecular flexibility index (Phi) is 16.6. The van der Waals surface area contributed by atoms with Gasteiger partial charge in [-0.1, -0.05) is 32.4 Å². The lowest BCUT2D eigenvalue weighted by atomic mass is 9.45. The number of esters is 1. The van der Waals surface area contributed by atoms with Crippen LogP contribution in [-0.2, 0) is 38.0 Å². The molecule has 386 valence electrons. The van der Waals surface area contributed by atoms with Crippen molar-refractivity contribution in [1.29, 1.82) is 0 Å². The molecule has 7 rings (SSSR count). The van der Waals surface area contributed by atoms with E-state index in [1.165, 1.54) is 0 Å². The monoisotopic (exact) mass is 966 g/mol. The summed E-state index contributed by atoms with van der Waals surface area (Å²) in [6.45, 7) is 7.65. The topological polar surface area (TPSA) is 365 Å². The maximum Gasteiger partial charge on any atom is 0.314 e. The molecular formula is C45H74O22. The molecule has 3 aliphatic carbocycles. The fraction of sp³-hybridized carbons (Fsp3) is 0.933. The quantitative estimate of drug-likeness (QED) is 0.0651. The van der Waals surface area contributed by atoms with Crippen LogP contribution in [0.15, 0.2) is 12.2 Å². The zero-order valence-electron chi connectivity index (χ0n) is 38.2. The van der Waals surface area contributed by atoms with Crippen LogP contribution in [0.2, 0.25) is 0 Å². The van der Waals surface area contributed by atoms with Crippen molar-refractivity contribution in [2.24, 2.45) is 34.0 Å². The molecule has 4 aliphatic heterocycles. The molecule has 14 N–H and O–H groups in total. The van der Waals surface area contributed by atoms with Gasteiger partial charge in [0.25, 0.3) is 0 Å². The Balaban J connectivity index is 1.15. The third-order valence-corrected chi connectivity index (χ3v) is 17.0. The van der Waals surface area contributed by atoms with Gasteiger partial charge in [0.1, 0.15) is 97.7 Å². The van der Waals surface area contributed by atoms with E-state index in [0.717, 1.165) is 18.4 Å². The highest BCUT2D eigenvalue weighted by Crippen LogP contribution is 2.65. The molecule has 0 spiro atoms. The number of carbonyl (C=O) groups excluding carboxylic acids is 1. The molecular weight excluding hydrogens is 892 g/mol. The summed E-state index contributed by atoms with van der Waals surface area (Å²) < 4.78 is 41.6. The third kappa shape index (κ3) is 9.75. The van der Waals surface area contributed by atoms with E-state index in [1.54, 1.807) is 0 Å². The smallest absolute Gasteiger partial charge is 0.314 e. The predicted molar refractivity (Wildman–Crippen MR) is 224 cm³/mol. The fourth-order valence-electron chi connectivity index (χ4n) is 12.8. The first-order chi connectivity index (χ1) is 31.6. The second-order valence-corrected chi connectivity index (χ2v) is 21.0. The molecule has 4 saturated heterocycles. The van der Waals surface area contributed by atoms with Crippen LogP contribution in [0.5, 0.6) is 0 Å². The van der Waals surface area contributed by atoms with Crippen molar-refractivity contribution in [3.63, 3.8) is 0 Å². The number of carbonyl (C=O) groups is 1. The first-order valence-corrected chi connectivity index (χ1v) is 23.6. The minimum absolute atomic E-state index is 0.0761. The van der Waals surface area contributed by atoms with Crippen molar-refractivity contribution in [3.8, 4) is 0 Å². The number of aliphatic hydroxyl groups is 14. The summed E-state index contributed by atoms with van der Waals surface area (Å²) >= 11 is 0. The van der Waals surface area contributed by atoms with Gasteiger partial charge in [-0.05, 0) is 86.9 Å². The molecule has 4 heterocycles. The van der Waals surface area contributed by atoms with E-state index in [2.05, 4.69) is 13.5 Å². The SMILES string of the molecule is C=C1CC2CCC3[C@](C)(C(=O)OC4OC(CO)C(O)C(O)C4O)CCC[C@@]3(C)[C@@H]2CCC1(C)CC1OC(CO)C(O)C(OC2OC(CO)C(O)C(O)C2O)C1OC1OC(CO)C(O)C(O)C1O. The fourth-order valence-corrected chi connectivity index (χ4v) is 12.8. The zero-order chi connectivity index (χ0) is 49.1. The molecule has 22 nitrogen and oxygen atoms in total. The van der Waals surface area contributed by atoms with E-state index in [-0.39, 0.29) is 29.6 Å². The van der Waals surface area contributed by atoms with Crippen LogP contribution in [0.4, 0.5) is 0 Å². The number of ether oxygens (including phenoxy) is 7. The highest BCUT2D eigenvalue weighted by atomic mass is 16.8. The molecule has 0 aromatic heterocycles. The maximum absolute atomic E-state index is 14.3. The van der Waals surface area contributed by atoms with Crippen LogP contribution >= 0.6 is 0 Å². The Hall–Kier alpha value is -1.59. The molecule has 23 unspecified atom stereocenters. The molecule has 7 fully saturated rings. The average Bonchev–Trinajstić information content (AvgIpc) is 3.43. The van der Waals surface area contributed by atoms with Crippen molar-refractivity contribution >= 4 is 5.97 Å². The highest BCUT2D eigenvalue weighted by molar-refractivity contribution is 5.77. The van der Waals surface area contributed by atoms with Gasteiger partial charge < -0.3 is 105 Å². The molecule has 7 aliphatic rings. The predicted octanol–water partition coefficient (Wildman–Crippen LogP) is -4.20. The molecule has 26 atom stereocenters. The number of hydrogen-bond acceptors (Lipinski definition) is 22. The summed E-state index contributed by atoms with van der Waals surface area (Å²) in [7, 11) is 0. The zero-order valence-corrected chi connectivity index (χ0v) is 38.2. The summed E-state index contributed by atoms with van der Waals surface area (Å²) in [6.07, 6.45) is -27.5. The van der Waals surface area contributed by atoms with E-state index in [0.29, 0.717) is 38.5 Å². The van der Waals surface area contributed by atoms with Gasteiger partial charge in [0.15, 0.2) is 12.6 Å². The van der Waals surface area contributed by atoms with Gasteiger partial charge in [-0.3, -0.25) is 4.79 Å². The first kappa shape index (κ1) is 53.2. The van der Waals surface area contributed by atoms with E-state index in [1.807, 2.05) is 13.8 Å². The Morgan fingerprint density at radius 2 is 1.04 bits per heavy atom. The van der Waals surface area contributed by atoms with Crippen molar-refractivity contribution in [2.75, 3.05) is 26.4 Å². The normalized spacial score (nSPS) is 53.0. The summed E-state index contributed by atoms with van der Waals surface area (Å²) in [4.78, 5) is 14.3. The van der Waals surface area contributed by atoms with Crippen molar-refractivity contribution in [2.45, 2.75) is 201 Å². The van der Waals surface area contributed by atoms with Crippen molar-refractivity contribution < 1.29 is 109 Å². The van der Waals surface area contributed by atoms with Gasteiger partial charge in [-0.2, -0.15) is 0 Å². The number of fused-ring (bicyclic) bond motifs is 3. The molecule has 0 bridgehead atoms. The molecule has 67 heavy (non-hydrogen) atoms. The van der Waals surface area contributed by atoms with Crippen LogP contribution in [0.1, 0.15) is 78.6 Å². The molecule has 0 amide bonds. The van der Waals surface area contributed by atoms with Crippen molar-refractivity contribution in [3.05, 3.63) is 12.2 Å². The van der Waals surface area contributed by atoms with Crippen LogP contribution in [0.3, 0.4) is 0 Å². The maximum atomic E-state index is 14.3. The highest BCUT2D eigenvalue weighted by Gasteiger charge is 2.62. The lowest BCUT2D eigenvalue weighted by Gasteiger charge is -2.59. The minimum Gasteiger partial charge on any atom is -0.432 e. The van der Waals surface area contributed by atoms with E-state index in [4.69, 9.17) is 33.2 Å². The molecule has 0 aromatic rings. The van der Waals surface area contributed by atoms with Crippen LogP contribution < -0.4 is 0 Å². The van der Waals surface area contributed by atoms with Gasteiger partial charge in [0.2, 0.25) is 6.29 Å². The van der Waals surface area contributed by atoms with E-state index in [9.17, 15) is 76.3 Å². The van der Waals surface area contributed by atoms with Gasteiger partial charge in [-0.15, -0.1) is 0 Å². The van der Waals surface area contributed by atoms with Crippen LogP contribution in [-0.4, -0.2) is 227 Å².